The minimum absolute atomic E-state index is 0.918. The predicted molar refractivity (Wildman–Crippen MR) is 62.6 cm³/mol. The van der Waals surface area contributed by atoms with Crippen molar-refractivity contribution in [3.8, 4) is 0 Å². The van der Waals surface area contributed by atoms with Gasteiger partial charge >= 0.3 is 0 Å². The van der Waals surface area contributed by atoms with Crippen molar-refractivity contribution in [3.63, 3.8) is 0 Å². The van der Waals surface area contributed by atoms with E-state index in [-0.39, 0.29) is 0 Å². The highest BCUT2D eigenvalue weighted by atomic mass is 79.9. The molecule has 0 atom stereocenters. The van der Waals surface area contributed by atoms with Crippen LogP contribution in [0.4, 0.5) is 0 Å². The molecule has 0 aliphatic heterocycles. The van der Waals surface area contributed by atoms with Gasteiger partial charge in [-0.25, -0.2) is 0 Å². The number of aromatic nitrogens is 2. The number of rotatable bonds is 1. The topological polar surface area (TPSA) is 17.8 Å². The van der Waals surface area contributed by atoms with E-state index in [0.29, 0.717) is 0 Å². The van der Waals surface area contributed by atoms with Crippen molar-refractivity contribution >= 4 is 26.8 Å². The van der Waals surface area contributed by atoms with Crippen molar-refractivity contribution in [2.45, 2.75) is 27.3 Å². The maximum absolute atomic E-state index is 4.51. The Hall–Kier alpha value is -0.830. The molecule has 0 aliphatic rings. The molecule has 14 heavy (non-hydrogen) atoms. The normalized spacial score (nSPS) is 11.1. The van der Waals surface area contributed by atoms with Crippen molar-refractivity contribution in [2.24, 2.45) is 0 Å². The van der Waals surface area contributed by atoms with Crippen LogP contribution >= 0.6 is 15.9 Å². The Morgan fingerprint density at radius 2 is 2.07 bits per heavy atom. The zero-order valence-electron chi connectivity index (χ0n) is 8.63. The van der Waals surface area contributed by atoms with Crippen molar-refractivity contribution in [1.29, 1.82) is 0 Å². The van der Waals surface area contributed by atoms with Crippen LogP contribution in [0.3, 0.4) is 0 Å². The molecule has 0 saturated carbocycles. The molecular formula is C11H13BrN2. The number of halogens is 1. The van der Waals surface area contributed by atoms with Gasteiger partial charge in [0.1, 0.15) is 0 Å². The summed E-state index contributed by atoms with van der Waals surface area (Å²) in [7, 11) is 0. The molecular weight excluding hydrogens is 240 g/mol. The van der Waals surface area contributed by atoms with E-state index in [4.69, 9.17) is 0 Å². The van der Waals surface area contributed by atoms with Gasteiger partial charge in [-0.1, -0.05) is 15.9 Å². The van der Waals surface area contributed by atoms with Gasteiger partial charge in [0.2, 0.25) is 0 Å². The van der Waals surface area contributed by atoms with Gasteiger partial charge in [0.25, 0.3) is 0 Å². The van der Waals surface area contributed by atoms with Crippen LogP contribution in [0.15, 0.2) is 16.6 Å². The monoisotopic (exact) mass is 252 g/mol. The fraction of sp³-hybridized carbons (Fsp3) is 0.364. The average molecular weight is 253 g/mol. The van der Waals surface area contributed by atoms with E-state index in [9.17, 15) is 0 Å². The zero-order chi connectivity index (χ0) is 10.3. The number of fused-ring (bicyclic) bond motifs is 1. The van der Waals surface area contributed by atoms with E-state index in [1.54, 1.807) is 0 Å². The van der Waals surface area contributed by atoms with Gasteiger partial charge in [-0.3, -0.25) is 4.68 Å². The minimum atomic E-state index is 0.918. The molecule has 0 saturated heterocycles. The Balaban J connectivity index is 2.91. The average Bonchev–Trinajstić information content (AvgIpc) is 2.50. The van der Waals surface area contributed by atoms with Crippen molar-refractivity contribution in [2.75, 3.05) is 0 Å². The van der Waals surface area contributed by atoms with Gasteiger partial charge in [0.15, 0.2) is 0 Å². The molecule has 2 nitrogen and oxygen atoms in total. The van der Waals surface area contributed by atoms with Gasteiger partial charge in [0.05, 0.1) is 11.2 Å². The third-order valence-electron chi connectivity index (χ3n) is 2.58. The second-order valence-electron chi connectivity index (χ2n) is 3.47. The fourth-order valence-electron chi connectivity index (χ4n) is 1.81. The largest absolute Gasteiger partial charge is 0.265 e. The summed E-state index contributed by atoms with van der Waals surface area (Å²) < 4.78 is 3.21. The maximum atomic E-state index is 4.51. The van der Waals surface area contributed by atoms with Gasteiger partial charge in [-0.2, -0.15) is 5.10 Å². The summed E-state index contributed by atoms with van der Waals surface area (Å²) in [4.78, 5) is 0. The quantitative estimate of drug-likeness (QED) is 0.761. The molecule has 74 valence electrons. The smallest absolute Gasteiger partial charge is 0.0725 e. The van der Waals surface area contributed by atoms with Crippen molar-refractivity contribution in [3.05, 3.63) is 27.9 Å². The summed E-state index contributed by atoms with van der Waals surface area (Å²) in [6.45, 7) is 7.22. The first-order valence-corrected chi connectivity index (χ1v) is 5.56. The number of hydrogen-bond acceptors (Lipinski definition) is 1. The summed E-state index contributed by atoms with van der Waals surface area (Å²) in [5, 5.41) is 5.76. The summed E-state index contributed by atoms with van der Waals surface area (Å²) >= 11 is 3.55. The molecule has 0 amide bonds. The van der Waals surface area contributed by atoms with Crippen LogP contribution in [0.25, 0.3) is 10.9 Å². The van der Waals surface area contributed by atoms with Crippen LogP contribution < -0.4 is 0 Å². The molecule has 0 N–H and O–H groups in total. The van der Waals surface area contributed by atoms with Crippen LogP contribution in [-0.2, 0) is 6.54 Å². The third-order valence-corrected chi connectivity index (χ3v) is 3.44. The highest BCUT2D eigenvalue weighted by molar-refractivity contribution is 9.10. The van der Waals surface area contributed by atoms with E-state index in [1.165, 1.54) is 16.5 Å². The summed E-state index contributed by atoms with van der Waals surface area (Å²) in [5.41, 5.74) is 3.63. The molecule has 0 spiro atoms. The molecule has 1 heterocycles. The Morgan fingerprint density at radius 1 is 1.36 bits per heavy atom. The van der Waals surface area contributed by atoms with E-state index < -0.39 is 0 Å². The van der Waals surface area contributed by atoms with Gasteiger partial charge < -0.3 is 0 Å². The summed E-state index contributed by atoms with van der Waals surface area (Å²) in [5.74, 6) is 0. The van der Waals surface area contributed by atoms with Gasteiger partial charge in [0, 0.05) is 16.4 Å². The first-order valence-electron chi connectivity index (χ1n) is 4.77. The number of aryl methyl sites for hydroxylation is 3. The maximum Gasteiger partial charge on any atom is 0.0725 e. The Morgan fingerprint density at radius 3 is 2.71 bits per heavy atom. The fourth-order valence-corrected chi connectivity index (χ4v) is 2.13. The molecule has 2 rings (SSSR count). The SMILES string of the molecule is CCn1nc(C)c2ccc(Br)c(C)c21. The first-order chi connectivity index (χ1) is 6.65. The lowest BCUT2D eigenvalue weighted by atomic mass is 10.1. The van der Waals surface area contributed by atoms with Gasteiger partial charge in [-0.05, 0) is 38.5 Å². The molecule has 0 radical (unpaired) electrons. The molecule has 0 aliphatic carbocycles. The van der Waals surface area contributed by atoms with E-state index in [2.05, 4.69) is 58.6 Å². The second kappa shape index (κ2) is 3.39. The van der Waals surface area contributed by atoms with Crippen LogP contribution in [0.2, 0.25) is 0 Å². The number of hydrogen-bond donors (Lipinski definition) is 0. The second-order valence-corrected chi connectivity index (χ2v) is 4.32. The van der Waals surface area contributed by atoms with Crippen LogP contribution in [-0.4, -0.2) is 9.78 Å². The van der Waals surface area contributed by atoms with Crippen LogP contribution in [0.5, 0.6) is 0 Å². The van der Waals surface area contributed by atoms with Crippen LogP contribution in [0, 0.1) is 13.8 Å². The van der Waals surface area contributed by atoms with E-state index >= 15 is 0 Å². The molecule has 3 heteroatoms. The first kappa shape index (κ1) is 9.71. The van der Waals surface area contributed by atoms with E-state index in [0.717, 1.165) is 16.7 Å². The predicted octanol–water partition coefficient (Wildman–Crippen LogP) is 3.44. The number of nitrogens with zero attached hydrogens (tertiary/aromatic N) is 2. The standard InChI is InChI=1S/C11H13BrN2/c1-4-14-11-7(2)10(12)6-5-9(11)8(3)13-14/h5-6H,4H2,1-3H3. The summed E-state index contributed by atoms with van der Waals surface area (Å²) in [6.07, 6.45) is 0. The van der Waals surface area contributed by atoms with Crippen molar-refractivity contribution < 1.29 is 0 Å². The Labute approximate surface area is 92.0 Å². The highest BCUT2D eigenvalue weighted by Gasteiger charge is 2.09. The molecule has 0 fully saturated rings. The lowest BCUT2D eigenvalue weighted by Crippen LogP contribution is -1.97. The molecule has 1 aromatic heterocycles. The minimum Gasteiger partial charge on any atom is -0.265 e. The van der Waals surface area contributed by atoms with Gasteiger partial charge in [-0.15, -0.1) is 0 Å². The molecule has 0 bridgehead atoms. The molecule has 2 aromatic rings. The molecule has 1 aromatic carbocycles. The zero-order valence-corrected chi connectivity index (χ0v) is 10.2. The Kier molecular flexibility index (Phi) is 2.35. The van der Waals surface area contributed by atoms with E-state index in [1.807, 2.05) is 0 Å². The molecule has 0 unspecified atom stereocenters. The Bertz CT molecular complexity index is 485. The van der Waals surface area contributed by atoms with Crippen molar-refractivity contribution in [1.82, 2.24) is 9.78 Å². The lowest BCUT2D eigenvalue weighted by molar-refractivity contribution is 0.674. The lowest BCUT2D eigenvalue weighted by Gasteiger charge is -2.03. The van der Waals surface area contributed by atoms with Crippen LogP contribution in [0.1, 0.15) is 18.2 Å². The summed E-state index contributed by atoms with van der Waals surface area (Å²) in [6, 6.07) is 4.22. The third kappa shape index (κ3) is 1.27. The highest BCUT2D eigenvalue weighted by Crippen LogP contribution is 2.27. The number of benzene rings is 1.